The van der Waals surface area contributed by atoms with E-state index in [1.54, 1.807) is 20.8 Å². The number of hydrogen-bond donors (Lipinski definition) is 1. The van der Waals surface area contributed by atoms with Crippen LogP contribution in [0.1, 0.15) is 27.0 Å². The average molecular weight is 371 g/mol. The van der Waals surface area contributed by atoms with Crippen LogP contribution in [0.25, 0.3) is 11.2 Å². The number of nitrogens with zero attached hydrogens (tertiary/aromatic N) is 4. The summed E-state index contributed by atoms with van der Waals surface area (Å²) in [5, 5.41) is 0. The summed E-state index contributed by atoms with van der Waals surface area (Å²) in [7, 11) is -1.11. The molecule has 0 saturated carbocycles. The second-order valence-corrected chi connectivity index (χ2v) is 8.51. The zero-order valence-corrected chi connectivity index (χ0v) is 15.7. The van der Waals surface area contributed by atoms with E-state index in [0.717, 1.165) is 0 Å². The van der Waals surface area contributed by atoms with Gasteiger partial charge in [0, 0.05) is 14.2 Å². The number of hydrogen-bond acceptors (Lipinski definition) is 9. The summed E-state index contributed by atoms with van der Waals surface area (Å²) in [5.41, 5.74) is 5.74. The Bertz CT molecular complexity index is 816. The quantitative estimate of drug-likeness (QED) is 0.757. The highest BCUT2D eigenvalue weighted by molar-refractivity contribution is 7.54. The van der Waals surface area contributed by atoms with Gasteiger partial charge in [0.15, 0.2) is 11.5 Å². The molecule has 138 valence electrons. The minimum atomic E-state index is -3.75. The standard InChI is InChI=1S/C14H22N5O5P/c1-14(2,3)13(20)24-25(21,23-5)6-9(22-4)19-8-18-10-11(15)16-7-17-12(10)19/h7-9H,6H2,1-5H3,(H2,15,16,17). The van der Waals surface area contributed by atoms with Crippen molar-refractivity contribution in [2.75, 3.05) is 26.1 Å². The van der Waals surface area contributed by atoms with E-state index in [2.05, 4.69) is 15.0 Å². The van der Waals surface area contributed by atoms with Crippen LogP contribution in [0.15, 0.2) is 12.7 Å². The Morgan fingerprint density at radius 3 is 2.56 bits per heavy atom. The maximum absolute atomic E-state index is 12.9. The van der Waals surface area contributed by atoms with Gasteiger partial charge in [0.1, 0.15) is 24.2 Å². The number of methoxy groups -OCH3 is 1. The number of fused-ring (bicyclic) bond motifs is 1. The van der Waals surface area contributed by atoms with Crippen molar-refractivity contribution in [3.05, 3.63) is 12.7 Å². The molecule has 10 nitrogen and oxygen atoms in total. The first kappa shape index (κ1) is 19.3. The first-order valence-electron chi connectivity index (χ1n) is 7.46. The van der Waals surface area contributed by atoms with Crippen LogP contribution in [0.3, 0.4) is 0 Å². The number of carbonyl (C=O) groups is 1. The number of rotatable bonds is 6. The number of ether oxygens (including phenoxy) is 1. The molecule has 0 bridgehead atoms. The lowest BCUT2D eigenvalue weighted by molar-refractivity contribution is -0.143. The van der Waals surface area contributed by atoms with Gasteiger partial charge in [-0.15, -0.1) is 0 Å². The van der Waals surface area contributed by atoms with Gasteiger partial charge < -0.3 is 19.5 Å². The molecule has 0 spiro atoms. The van der Waals surface area contributed by atoms with Crippen molar-refractivity contribution in [2.24, 2.45) is 5.41 Å². The number of nitrogen functional groups attached to an aromatic ring is 1. The predicted molar refractivity (Wildman–Crippen MR) is 90.8 cm³/mol. The molecule has 2 atom stereocenters. The van der Waals surface area contributed by atoms with Gasteiger partial charge in [-0.25, -0.2) is 19.5 Å². The molecule has 0 fully saturated rings. The molecular weight excluding hydrogens is 349 g/mol. The summed E-state index contributed by atoms with van der Waals surface area (Å²) in [4.78, 5) is 24.2. The molecule has 2 unspecified atom stereocenters. The van der Waals surface area contributed by atoms with E-state index in [0.29, 0.717) is 11.2 Å². The zero-order valence-electron chi connectivity index (χ0n) is 14.8. The van der Waals surface area contributed by atoms with Crippen LogP contribution in [-0.2, 0) is 23.1 Å². The number of carbonyl (C=O) groups excluding carboxylic acids is 1. The molecule has 0 aromatic carbocycles. The smallest absolute Gasteiger partial charge is 0.385 e. The van der Waals surface area contributed by atoms with Gasteiger partial charge in [0.2, 0.25) is 0 Å². The number of anilines is 1. The summed E-state index contributed by atoms with van der Waals surface area (Å²) < 4.78 is 29.9. The summed E-state index contributed by atoms with van der Waals surface area (Å²) in [6, 6.07) is 0. The Morgan fingerprint density at radius 1 is 1.32 bits per heavy atom. The van der Waals surface area contributed by atoms with Gasteiger partial charge in [0.25, 0.3) is 0 Å². The second kappa shape index (κ2) is 7.07. The van der Waals surface area contributed by atoms with E-state index >= 15 is 0 Å². The fourth-order valence-corrected chi connectivity index (χ4v) is 3.49. The van der Waals surface area contributed by atoms with Crippen molar-refractivity contribution >= 4 is 30.5 Å². The van der Waals surface area contributed by atoms with Crippen molar-refractivity contribution in [1.29, 1.82) is 0 Å². The van der Waals surface area contributed by atoms with E-state index in [1.165, 1.54) is 31.4 Å². The van der Waals surface area contributed by atoms with Gasteiger partial charge in [-0.1, -0.05) is 0 Å². The first-order chi connectivity index (χ1) is 11.6. The molecule has 0 aliphatic carbocycles. The average Bonchev–Trinajstić information content (AvgIpc) is 2.97. The fraction of sp³-hybridized carbons (Fsp3) is 0.571. The Morgan fingerprint density at radius 2 is 2.00 bits per heavy atom. The van der Waals surface area contributed by atoms with Crippen LogP contribution in [0.4, 0.5) is 5.82 Å². The summed E-state index contributed by atoms with van der Waals surface area (Å²) in [6.07, 6.45) is 1.72. The monoisotopic (exact) mass is 371 g/mol. The molecule has 2 aromatic heterocycles. The van der Waals surface area contributed by atoms with Crippen molar-refractivity contribution in [3.63, 3.8) is 0 Å². The van der Waals surface area contributed by atoms with Gasteiger partial charge in [-0.2, -0.15) is 0 Å². The van der Waals surface area contributed by atoms with Gasteiger partial charge in [0.05, 0.1) is 11.7 Å². The van der Waals surface area contributed by atoms with Crippen molar-refractivity contribution in [3.8, 4) is 0 Å². The molecule has 0 aliphatic heterocycles. The molecule has 2 rings (SSSR count). The van der Waals surface area contributed by atoms with E-state index in [1.807, 2.05) is 0 Å². The molecule has 0 radical (unpaired) electrons. The van der Waals surface area contributed by atoms with Crippen LogP contribution >= 0.6 is 7.60 Å². The normalized spacial score (nSPS) is 15.7. The first-order valence-corrected chi connectivity index (χ1v) is 9.18. The largest absolute Gasteiger partial charge is 0.391 e. The fourth-order valence-electron chi connectivity index (χ4n) is 1.96. The maximum atomic E-state index is 12.9. The van der Waals surface area contributed by atoms with E-state index in [-0.39, 0.29) is 12.0 Å². The topological polar surface area (TPSA) is 131 Å². The Kier molecular flexibility index (Phi) is 5.46. The molecule has 0 aliphatic rings. The number of imidazole rings is 1. The third kappa shape index (κ3) is 4.15. The molecule has 11 heteroatoms. The minimum Gasteiger partial charge on any atom is -0.391 e. The van der Waals surface area contributed by atoms with Crippen molar-refractivity contribution < 1.29 is 23.1 Å². The third-order valence-electron chi connectivity index (χ3n) is 3.46. The summed E-state index contributed by atoms with van der Waals surface area (Å²) in [6.45, 7) is 4.98. The molecule has 2 N–H and O–H groups in total. The Labute approximate surface area is 145 Å². The lowest BCUT2D eigenvalue weighted by Gasteiger charge is -2.25. The van der Waals surface area contributed by atoms with Crippen molar-refractivity contribution in [2.45, 2.75) is 27.0 Å². The number of aromatic nitrogens is 4. The lowest BCUT2D eigenvalue weighted by Crippen LogP contribution is -2.24. The lowest BCUT2D eigenvalue weighted by atomic mass is 9.98. The molecular formula is C14H22N5O5P. The Balaban J connectivity index is 2.32. The third-order valence-corrected chi connectivity index (χ3v) is 5.22. The Hall–Kier alpha value is -2.03. The number of nitrogens with two attached hydrogens (primary N) is 1. The molecule has 0 saturated heterocycles. The SMILES string of the molecule is COC(CP(=O)(OC)OC(=O)C(C)(C)C)n1cnc2c(N)ncnc21. The van der Waals surface area contributed by atoms with Gasteiger partial charge >= 0.3 is 13.6 Å². The van der Waals surface area contributed by atoms with Gasteiger partial charge in [-0.05, 0) is 20.8 Å². The van der Waals surface area contributed by atoms with Crippen LogP contribution in [0.2, 0.25) is 0 Å². The molecule has 2 aromatic rings. The van der Waals surface area contributed by atoms with E-state index in [9.17, 15) is 9.36 Å². The van der Waals surface area contributed by atoms with E-state index in [4.69, 9.17) is 19.5 Å². The maximum Gasteiger partial charge on any atom is 0.385 e. The molecule has 0 amide bonds. The highest BCUT2D eigenvalue weighted by Crippen LogP contribution is 2.51. The highest BCUT2D eigenvalue weighted by atomic mass is 31.2. The van der Waals surface area contributed by atoms with Crippen molar-refractivity contribution in [1.82, 2.24) is 19.5 Å². The van der Waals surface area contributed by atoms with Crippen LogP contribution in [-0.4, -0.2) is 45.9 Å². The van der Waals surface area contributed by atoms with Crippen LogP contribution < -0.4 is 5.73 Å². The zero-order chi connectivity index (χ0) is 18.8. The predicted octanol–water partition coefficient (Wildman–Crippen LogP) is 1.98. The van der Waals surface area contributed by atoms with Crippen LogP contribution in [0, 0.1) is 5.41 Å². The second-order valence-electron chi connectivity index (χ2n) is 6.38. The molecule has 2 heterocycles. The summed E-state index contributed by atoms with van der Waals surface area (Å²) >= 11 is 0. The highest BCUT2D eigenvalue weighted by Gasteiger charge is 2.37. The summed E-state index contributed by atoms with van der Waals surface area (Å²) in [5.74, 6) is -0.415. The van der Waals surface area contributed by atoms with Crippen LogP contribution in [0.5, 0.6) is 0 Å². The molecule has 25 heavy (non-hydrogen) atoms. The minimum absolute atomic E-state index is 0.211. The van der Waals surface area contributed by atoms with Gasteiger partial charge in [-0.3, -0.25) is 9.36 Å². The van der Waals surface area contributed by atoms with E-state index < -0.39 is 25.2 Å².